The molecule has 0 spiro atoms. The lowest BCUT2D eigenvalue weighted by Crippen LogP contribution is -2.35. The number of hydrogen-bond donors (Lipinski definition) is 2. The zero-order valence-electron chi connectivity index (χ0n) is 8.01. The van der Waals surface area contributed by atoms with Crippen LogP contribution in [0.1, 0.15) is 29.4 Å². The Morgan fingerprint density at radius 1 is 1.67 bits per heavy atom. The van der Waals surface area contributed by atoms with Gasteiger partial charge in [-0.25, -0.2) is 9.78 Å². The first-order chi connectivity index (χ1) is 7.16. The largest absolute Gasteiger partial charge is 0.476 e. The van der Waals surface area contributed by atoms with Gasteiger partial charge in [0, 0.05) is 19.2 Å². The van der Waals surface area contributed by atoms with Crippen LogP contribution >= 0.6 is 0 Å². The fourth-order valence-corrected chi connectivity index (χ4v) is 1.62. The monoisotopic (exact) mass is 209 g/mol. The molecular formula is C9H11N3O3. The van der Waals surface area contributed by atoms with Gasteiger partial charge in [0.2, 0.25) is 5.91 Å². The van der Waals surface area contributed by atoms with Crippen LogP contribution in [0, 0.1) is 0 Å². The summed E-state index contributed by atoms with van der Waals surface area (Å²) in [5.74, 6) is -0.988. The highest BCUT2D eigenvalue weighted by Gasteiger charge is 2.20. The molecule has 0 radical (unpaired) electrons. The van der Waals surface area contributed by atoms with E-state index in [2.05, 4.69) is 10.3 Å². The van der Waals surface area contributed by atoms with Crippen LogP contribution in [0.4, 0.5) is 0 Å². The van der Waals surface area contributed by atoms with E-state index in [1.54, 1.807) is 4.57 Å². The maximum atomic E-state index is 10.9. The minimum atomic E-state index is -1.03. The zero-order chi connectivity index (χ0) is 10.8. The van der Waals surface area contributed by atoms with Crippen molar-refractivity contribution in [2.24, 2.45) is 0 Å². The number of nitrogens with one attached hydrogen (secondary N) is 1. The van der Waals surface area contributed by atoms with E-state index in [1.807, 2.05) is 0 Å². The SMILES string of the molecule is O=C1CCC(n2cnc(C(=O)O)c2)CN1. The highest BCUT2D eigenvalue weighted by Crippen LogP contribution is 2.17. The van der Waals surface area contributed by atoms with Gasteiger partial charge >= 0.3 is 5.97 Å². The summed E-state index contributed by atoms with van der Waals surface area (Å²) in [5.41, 5.74) is 0.0342. The molecule has 80 valence electrons. The molecule has 1 atom stereocenters. The van der Waals surface area contributed by atoms with E-state index in [4.69, 9.17) is 5.11 Å². The van der Waals surface area contributed by atoms with Crippen LogP contribution in [-0.4, -0.2) is 33.1 Å². The van der Waals surface area contributed by atoms with E-state index in [9.17, 15) is 9.59 Å². The lowest BCUT2D eigenvalue weighted by Gasteiger charge is -2.23. The van der Waals surface area contributed by atoms with Crippen molar-refractivity contribution >= 4 is 11.9 Å². The molecule has 6 nitrogen and oxygen atoms in total. The molecule has 0 bridgehead atoms. The molecule has 1 amide bonds. The van der Waals surface area contributed by atoms with Crippen molar-refractivity contribution in [3.8, 4) is 0 Å². The quantitative estimate of drug-likeness (QED) is 0.719. The molecule has 1 aliphatic rings. The van der Waals surface area contributed by atoms with Crippen molar-refractivity contribution in [2.75, 3.05) is 6.54 Å². The molecule has 2 heterocycles. The van der Waals surface area contributed by atoms with Gasteiger partial charge in [0.1, 0.15) is 0 Å². The van der Waals surface area contributed by atoms with E-state index < -0.39 is 5.97 Å². The van der Waals surface area contributed by atoms with Gasteiger partial charge < -0.3 is 15.0 Å². The number of nitrogens with zero attached hydrogens (tertiary/aromatic N) is 2. The van der Waals surface area contributed by atoms with Gasteiger partial charge in [0.25, 0.3) is 0 Å². The number of carbonyl (C=O) groups is 2. The molecule has 1 aromatic heterocycles. The Kier molecular flexibility index (Phi) is 2.40. The Hall–Kier alpha value is -1.85. The van der Waals surface area contributed by atoms with E-state index >= 15 is 0 Å². The summed E-state index contributed by atoms with van der Waals surface area (Å²) >= 11 is 0. The average Bonchev–Trinajstić information content (AvgIpc) is 2.68. The Morgan fingerprint density at radius 3 is 3.00 bits per heavy atom. The second kappa shape index (κ2) is 3.72. The van der Waals surface area contributed by atoms with E-state index in [-0.39, 0.29) is 17.6 Å². The van der Waals surface area contributed by atoms with Gasteiger partial charge in [-0.1, -0.05) is 0 Å². The number of carbonyl (C=O) groups excluding carboxylic acids is 1. The molecule has 1 saturated heterocycles. The number of aromatic carboxylic acids is 1. The van der Waals surface area contributed by atoms with Gasteiger partial charge in [-0.2, -0.15) is 0 Å². The van der Waals surface area contributed by atoms with Crippen molar-refractivity contribution in [3.63, 3.8) is 0 Å². The lowest BCUT2D eigenvalue weighted by molar-refractivity contribution is -0.122. The van der Waals surface area contributed by atoms with Crippen molar-refractivity contribution in [1.29, 1.82) is 0 Å². The second-order valence-corrected chi connectivity index (χ2v) is 3.51. The first-order valence-electron chi connectivity index (χ1n) is 4.70. The third-order valence-electron chi connectivity index (χ3n) is 2.48. The van der Waals surface area contributed by atoms with E-state index in [1.165, 1.54) is 12.5 Å². The van der Waals surface area contributed by atoms with Crippen LogP contribution in [0.3, 0.4) is 0 Å². The molecule has 0 aromatic carbocycles. The number of imidazole rings is 1. The first kappa shape index (κ1) is 9.70. The molecule has 0 aliphatic carbocycles. The molecule has 1 fully saturated rings. The standard InChI is InChI=1S/C9H11N3O3/c13-8-2-1-6(3-10-8)12-4-7(9(14)15)11-5-12/h4-6H,1-3H2,(H,10,13)(H,14,15). The van der Waals surface area contributed by atoms with Crippen molar-refractivity contribution in [3.05, 3.63) is 18.2 Å². The topological polar surface area (TPSA) is 84.2 Å². The summed E-state index contributed by atoms with van der Waals surface area (Å²) < 4.78 is 1.74. The smallest absolute Gasteiger partial charge is 0.356 e. The van der Waals surface area contributed by atoms with Crippen molar-refractivity contribution < 1.29 is 14.7 Å². The Balaban J connectivity index is 2.09. The summed E-state index contributed by atoms with van der Waals surface area (Å²) in [6.07, 6.45) is 4.18. The lowest BCUT2D eigenvalue weighted by atomic mass is 10.1. The van der Waals surface area contributed by atoms with Crippen LogP contribution in [-0.2, 0) is 4.79 Å². The minimum absolute atomic E-state index is 0.0342. The van der Waals surface area contributed by atoms with Crippen LogP contribution < -0.4 is 5.32 Å². The molecule has 1 aromatic rings. The zero-order valence-corrected chi connectivity index (χ0v) is 8.01. The molecule has 15 heavy (non-hydrogen) atoms. The number of rotatable bonds is 2. The van der Waals surface area contributed by atoms with Crippen LogP contribution in [0.2, 0.25) is 0 Å². The first-order valence-corrected chi connectivity index (χ1v) is 4.70. The molecule has 2 rings (SSSR count). The highest BCUT2D eigenvalue weighted by atomic mass is 16.4. The molecule has 0 saturated carbocycles. The Labute approximate surface area is 85.9 Å². The Morgan fingerprint density at radius 2 is 2.47 bits per heavy atom. The molecule has 6 heteroatoms. The van der Waals surface area contributed by atoms with Gasteiger partial charge in [0.05, 0.1) is 12.4 Å². The van der Waals surface area contributed by atoms with Gasteiger partial charge in [-0.15, -0.1) is 0 Å². The normalized spacial score (nSPS) is 21.1. The average molecular weight is 209 g/mol. The summed E-state index contributed by atoms with van der Waals surface area (Å²) in [4.78, 5) is 25.3. The fraction of sp³-hybridized carbons (Fsp3) is 0.444. The molecule has 1 aliphatic heterocycles. The summed E-state index contributed by atoms with van der Waals surface area (Å²) in [6, 6.07) is 0.114. The second-order valence-electron chi connectivity index (χ2n) is 3.51. The van der Waals surface area contributed by atoms with Crippen molar-refractivity contribution in [2.45, 2.75) is 18.9 Å². The number of carboxylic acids is 1. The summed E-state index contributed by atoms with van der Waals surface area (Å²) in [5, 5.41) is 11.4. The Bertz CT molecular complexity index is 389. The predicted octanol–water partition coefficient (Wildman–Crippen LogP) is 0.0324. The molecular weight excluding hydrogens is 198 g/mol. The maximum Gasteiger partial charge on any atom is 0.356 e. The molecule has 1 unspecified atom stereocenters. The van der Waals surface area contributed by atoms with E-state index in [0.29, 0.717) is 13.0 Å². The third kappa shape index (κ3) is 1.98. The van der Waals surface area contributed by atoms with Gasteiger partial charge in [0.15, 0.2) is 5.69 Å². The predicted molar refractivity (Wildman–Crippen MR) is 50.5 cm³/mol. The maximum absolute atomic E-state index is 10.9. The molecule has 2 N–H and O–H groups in total. The summed E-state index contributed by atoms with van der Waals surface area (Å²) in [6.45, 7) is 0.536. The van der Waals surface area contributed by atoms with Crippen LogP contribution in [0.5, 0.6) is 0 Å². The summed E-state index contributed by atoms with van der Waals surface area (Å²) in [7, 11) is 0. The number of amides is 1. The minimum Gasteiger partial charge on any atom is -0.476 e. The van der Waals surface area contributed by atoms with Crippen LogP contribution in [0.25, 0.3) is 0 Å². The van der Waals surface area contributed by atoms with Gasteiger partial charge in [-0.05, 0) is 6.42 Å². The van der Waals surface area contributed by atoms with E-state index in [0.717, 1.165) is 6.42 Å². The number of hydrogen-bond acceptors (Lipinski definition) is 3. The number of aromatic nitrogens is 2. The third-order valence-corrected chi connectivity index (χ3v) is 2.48. The van der Waals surface area contributed by atoms with Crippen LogP contribution in [0.15, 0.2) is 12.5 Å². The number of carboxylic acid groups (broad SMARTS) is 1. The van der Waals surface area contributed by atoms with Gasteiger partial charge in [-0.3, -0.25) is 4.79 Å². The highest BCUT2D eigenvalue weighted by molar-refractivity contribution is 5.84. The van der Waals surface area contributed by atoms with Crippen molar-refractivity contribution in [1.82, 2.24) is 14.9 Å². The number of piperidine rings is 1. The fourth-order valence-electron chi connectivity index (χ4n) is 1.62.